The van der Waals surface area contributed by atoms with Crippen molar-refractivity contribution in [1.29, 1.82) is 0 Å². The van der Waals surface area contributed by atoms with Crippen molar-refractivity contribution < 1.29 is 17.9 Å². The normalized spacial score (nSPS) is 11.2. The highest BCUT2D eigenvalue weighted by Gasteiger charge is 2.16. The van der Waals surface area contributed by atoms with Gasteiger partial charge in [-0.25, -0.2) is 23.1 Å². The van der Waals surface area contributed by atoms with Crippen molar-refractivity contribution in [3.63, 3.8) is 0 Å². The Morgan fingerprint density at radius 2 is 2.05 bits per heavy atom. The van der Waals surface area contributed by atoms with Crippen molar-refractivity contribution in [2.75, 3.05) is 32.5 Å². The van der Waals surface area contributed by atoms with Gasteiger partial charge in [0, 0.05) is 13.7 Å². The molecule has 0 fully saturated rings. The topological polar surface area (TPSA) is 136 Å². The number of hydrogen-bond donors (Lipinski definition) is 3. The van der Waals surface area contributed by atoms with E-state index in [-0.39, 0.29) is 17.4 Å². The fraction of sp³-hybridized carbons (Fsp3) is 0.444. The molecule has 1 aromatic heterocycles. The van der Waals surface area contributed by atoms with Gasteiger partial charge in [-0.2, -0.15) is 0 Å². The lowest BCUT2D eigenvalue weighted by atomic mass is 10.6. The standard InChI is InChI=1S/C9H15N5O4S/c1-18-3-2-11-8(15)6-14-19(16,17)7-4-12-9(10)13-5-7/h4-5,14H,2-3,6H2,1H3,(H,11,15)(H2,10,12,13). The van der Waals surface area contributed by atoms with E-state index in [0.29, 0.717) is 13.2 Å². The van der Waals surface area contributed by atoms with E-state index in [1.807, 2.05) is 0 Å². The van der Waals surface area contributed by atoms with Gasteiger partial charge in [0.1, 0.15) is 4.90 Å². The fourth-order valence-electron chi connectivity index (χ4n) is 1.06. The number of rotatable bonds is 7. The van der Waals surface area contributed by atoms with Crippen LogP contribution >= 0.6 is 0 Å². The molecule has 10 heteroatoms. The summed E-state index contributed by atoms with van der Waals surface area (Å²) >= 11 is 0. The van der Waals surface area contributed by atoms with Crippen LogP contribution < -0.4 is 15.8 Å². The van der Waals surface area contributed by atoms with Gasteiger partial charge in [-0.15, -0.1) is 0 Å². The largest absolute Gasteiger partial charge is 0.383 e. The number of nitrogens with two attached hydrogens (primary N) is 1. The van der Waals surface area contributed by atoms with Crippen LogP contribution in [0.5, 0.6) is 0 Å². The molecule has 106 valence electrons. The zero-order valence-corrected chi connectivity index (χ0v) is 11.1. The molecule has 0 aliphatic heterocycles. The van der Waals surface area contributed by atoms with Crippen LogP contribution in [0.2, 0.25) is 0 Å². The van der Waals surface area contributed by atoms with Crippen LogP contribution in [-0.4, -0.2) is 51.1 Å². The number of methoxy groups -OCH3 is 1. The number of carbonyl (C=O) groups is 1. The Morgan fingerprint density at radius 3 is 2.63 bits per heavy atom. The number of nitrogen functional groups attached to an aromatic ring is 1. The second-order valence-corrected chi connectivity index (χ2v) is 5.21. The van der Waals surface area contributed by atoms with Gasteiger partial charge >= 0.3 is 0 Å². The zero-order valence-electron chi connectivity index (χ0n) is 10.3. The molecule has 0 aromatic carbocycles. The number of ether oxygens (including phenoxy) is 1. The highest BCUT2D eigenvalue weighted by Crippen LogP contribution is 2.04. The van der Waals surface area contributed by atoms with Gasteiger partial charge in [0.05, 0.1) is 25.5 Å². The third kappa shape index (κ3) is 5.16. The first-order valence-electron chi connectivity index (χ1n) is 5.28. The number of aromatic nitrogens is 2. The van der Waals surface area contributed by atoms with Gasteiger partial charge in [0.15, 0.2) is 0 Å². The number of nitrogens with zero attached hydrogens (tertiary/aromatic N) is 2. The summed E-state index contributed by atoms with van der Waals surface area (Å²) in [7, 11) is -2.33. The lowest BCUT2D eigenvalue weighted by Gasteiger charge is -2.07. The van der Waals surface area contributed by atoms with Gasteiger partial charge in [-0.3, -0.25) is 4.79 Å². The molecule has 1 amide bonds. The Labute approximate surface area is 110 Å². The summed E-state index contributed by atoms with van der Waals surface area (Å²) in [5, 5.41) is 2.47. The van der Waals surface area contributed by atoms with E-state index in [1.54, 1.807) is 0 Å². The molecule has 4 N–H and O–H groups in total. The molecule has 0 bridgehead atoms. The number of nitrogens with one attached hydrogen (secondary N) is 2. The Balaban J connectivity index is 2.51. The highest BCUT2D eigenvalue weighted by molar-refractivity contribution is 7.89. The summed E-state index contributed by atoms with van der Waals surface area (Å²) < 4.78 is 30.3. The van der Waals surface area contributed by atoms with E-state index < -0.39 is 15.9 Å². The van der Waals surface area contributed by atoms with Crippen LogP contribution in [0.25, 0.3) is 0 Å². The van der Waals surface area contributed by atoms with Crippen LogP contribution in [0, 0.1) is 0 Å². The summed E-state index contributed by atoms with van der Waals surface area (Å²) in [6.45, 7) is 0.281. The summed E-state index contributed by atoms with van der Waals surface area (Å²) in [5.74, 6) is -0.492. The molecule has 0 saturated heterocycles. The van der Waals surface area contributed by atoms with Crippen LogP contribution in [0.3, 0.4) is 0 Å². The minimum atomic E-state index is -3.83. The van der Waals surface area contributed by atoms with Gasteiger partial charge in [0.25, 0.3) is 0 Å². The zero-order chi connectivity index (χ0) is 14.3. The molecule has 0 radical (unpaired) electrons. The van der Waals surface area contributed by atoms with Crippen molar-refractivity contribution in [1.82, 2.24) is 20.0 Å². The second-order valence-electron chi connectivity index (χ2n) is 3.44. The predicted molar refractivity (Wildman–Crippen MR) is 66.5 cm³/mol. The Morgan fingerprint density at radius 1 is 1.42 bits per heavy atom. The monoisotopic (exact) mass is 289 g/mol. The summed E-state index contributed by atoms with van der Waals surface area (Å²) in [6, 6.07) is 0. The molecular weight excluding hydrogens is 274 g/mol. The molecule has 1 aromatic rings. The van der Waals surface area contributed by atoms with Gasteiger partial charge in [0.2, 0.25) is 21.9 Å². The summed E-state index contributed by atoms with van der Waals surface area (Å²) in [6.07, 6.45) is 2.13. The molecule has 1 rings (SSSR count). The third-order valence-electron chi connectivity index (χ3n) is 2.01. The number of hydrogen-bond acceptors (Lipinski definition) is 7. The lowest BCUT2D eigenvalue weighted by molar-refractivity contribution is -0.120. The maximum Gasteiger partial charge on any atom is 0.244 e. The van der Waals surface area contributed by atoms with E-state index in [4.69, 9.17) is 10.5 Å². The molecule has 19 heavy (non-hydrogen) atoms. The first-order valence-corrected chi connectivity index (χ1v) is 6.77. The molecule has 0 spiro atoms. The van der Waals surface area contributed by atoms with E-state index in [2.05, 4.69) is 20.0 Å². The molecule has 0 aliphatic rings. The quantitative estimate of drug-likeness (QED) is 0.499. The molecule has 9 nitrogen and oxygen atoms in total. The Kier molecular flexibility index (Phi) is 5.60. The number of amides is 1. The molecule has 1 heterocycles. The maximum absolute atomic E-state index is 11.7. The van der Waals surface area contributed by atoms with Crippen molar-refractivity contribution in [3.05, 3.63) is 12.4 Å². The molecule has 0 atom stereocenters. The van der Waals surface area contributed by atoms with E-state index >= 15 is 0 Å². The Hall–Kier alpha value is -1.78. The van der Waals surface area contributed by atoms with E-state index in [0.717, 1.165) is 12.4 Å². The number of sulfonamides is 1. The minimum Gasteiger partial charge on any atom is -0.383 e. The average molecular weight is 289 g/mol. The fourth-order valence-corrected chi connectivity index (χ4v) is 1.93. The van der Waals surface area contributed by atoms with Gasteiger partial charge in [-0.1, -0.05) is 0 Å². The summed E-state index contributed by atoms with van der Waals surface area (Å²) in [4.78, 5) is 18.3. The smallest absolute Gasteiger partial charge is 0.244 e. The maximum atomic E-state index is 11.7. The van der Waals surface area contributed by atoms with Gasteiger partial charge < -0.3 is 15.8 Å². The van der Waals surface area contributed by atoms with Crippen LogP contribution in [-0.2, 0) is 19.6 Å². The third-order valence-corrected chi connectivity index (χ3v) is 3.37. The van der Waals surface area contributed by atoms with E-state index in [9.17, 15) is 13.2 Å². The first-order chi connectivity index (χ1) is 8.95. The van der Waals surface area contributed by atoms with Crippen LogP contribution in [0.15, 0.2) is 17.3 Å². The lowest BCUT2D eigenvalue weighted by Crippen LogP contribution is -2.38. The highest BCUT2D eigenvalue weighted by atomic mass is 32.2. The predicted octanol–water partition coefficient (Wildman–Crippen LogP) is -1.90. The van der Waals surface area contributed by atoms with Crippen molar-refractivity contribution in [2.45, 2.75) is 4.90 Å². The second kappa shape index (κ2) is 6.97. The molecule has 0 saturated carbocycles. The average Bonchev–Trinajstić information content (AvgIpc) is 2.37. The SMILES string of the molecule is COCCNC(=O)CNS(=O)(=O)c1cnc(N)nc1. The van der Waals surface area contributed by atoms with Crippen molar-refractivity contribution in [2.24, 2.45) is 0 Å². The van der Waals surface area contributed by atoms with Crippen LogP contribution in [0.1, 0.15) is 0 Å². The summed E-state index contributed by atoms with van der Waals surface area (Å²) in [5.41, 5.74) is 5.25. The van der Waals surface area contributed by atoms with E-state index in [1.165, 1.54) is 7.11 Å². The molecular formula is C9H15N5O4S. The van der Waals surface area contributed by atoms with Gasteiger partial charge in [-0.05, 0) is 0 Å². The first kappa shape index (κ1) is 15.3. The van der Waals surface area contributed by atoms with Crippen molar-refractivity contribution in [3.8, 4) is 0 Å². The Bertz CT molecular complexity index is 516. The molecule has 0 aliphatic carbocycles. The molecule has 0 unspecified atom stereocenters. The number of anilines is 1. The number of carbonyl (C=O) groups excluding carboxylic acids is 1. The minimum absolute atomic E-state index is 0.0312. The van der Waals surface area contributed by atoms with Crippen LogP contribution in [0.4, 0.5) is 5.95 Å². The van der Waals surface area contributed by atoms with Crippen molar-refractivity contribution >= 4 is 21.9 Å².